The highest BCUT2D eigenvalue weighted by atomic mass is 35.5. The molecule has 0 aliphatic carbocycles. The summed E-state index contributed by atoms with van der Waals surface area (Å²) in [6.07, 6.45) is 2.66. The van der Waals surface area contributed by atoms with Crippen molar-refractivity contribution in [3.8, 4) is 11.3 Å². The van der Waals surface area contributed by atoms with Crippen molar-refractivity contribution in [2.45, 2.75) is 13.3 Å². The fraction of sp³-hybridized carbons (Fsp3) is 0.231. The zero-order chi connectivity index (χ0) is 13.0. The van der Waals surface area contributed by atoms with Gasteiger partial charge in [0.1, 0.15) is 5.82 Å². The molecule has 1 aromatic carbocycles. The quantitative estimate of drug-likeness (QED) is 0.915. The molecule has 1 N–H and O–H groups in total. The number of anilines is 1. The van der Waals surface area contributed by atoms with Crippen LogP contribution in [0.4, 0.5) is 10.3 Å². The number of halogens is 2. The van der Waals surface area contributed by atoms with E-state index in [-0.39, 0.29) is 5.02 Å². The largest absolute Gasteiger partial charge is 0.354 e. The smallest absolute Gasteiger partial charge is 0.223 e. The average molecular weight is 266 g/mol. The van der Waals surface area contributed by atoms with Gasteiger partial charge < -0.3 is 5.32 Å². The van der Waals surface area contributed by atoms with E-state index in [0.29, 0.717) is 11.6 Å². The van der Waals surface area contributed by atoms with E-state index < -0.39 is 5.82 Å². The van der Waals surface area contributed by atoms with Gasteiger partial charge in [-0.15, -0.1) is 0 Å². The topological polar surface area (TPSA) is 37.8 Å². The van der Waals surface area contributed by atoms with Crippen molar-refractivity contribution in [3.63, 3.8) is 0 Å². The van der Waals surface area contributed by atoms with Crippen LogP contribution in [0.3, 0.4) is 0 Å². The molecule has 5 heteroatoms. The molecule has 0 spiro atoms. The Morgan fingerprint density at radius 1 is 1.33 bits per heavy atom. The van der Waals surface area contributed by atoms with Gasteiger partial charge >= 0.3 is 0 Å². The van der Waals surface area contributed by atoms with E-state index in [0.717, 1.165) is 18.5 Å². The molecule has 0 saturated heterocycles. The van der Waals surface area contributed by atoms with Crippen LogP contribution in [-0.2, 0) is 0 Å². The lowest BCUT2D eigenvalue weighted by Gasteiger charge is -2.06. The molecule has 0 atom stereocenters. The van der Waals surface area contributed by atoms with Crippen molar-refractivity contribution in [1.29, 1.82) is 0 Å². The molecule has 18 heavy (non-hydrogen) atoms. The van der Waals surface area contributed by atoms with E-state index in [9.17, 15) is 4.39 Å². The van der Waals surface area contributed by atoms with Crippen molar-refractivity contribution in [1.82, 2.24) is 9.97 Å². The van der Waals surface area contributed by atoms with Crippen LogP contribution in [0.1, 0.15) is 13.3 Å². The second-order valence-electron chi connectivity index (χ2n) is 3.82. The zero-order valence-corrected chi connectivity index (χ0v) is 10.7. The number of hydrogen-bond donors (Lipinski definition) is 1. The lowest BCUT2D eigenvalue weighted by Crippen LogP contribution is -2.04. The molecule has 0 saturated carbocycles. The minimum absolute atomic E-state index is 0.0918. The SMILES string of the molecule is CCCNc1nccc(-c2ccc(F)c(Cl)c2)n1. The van der Waals surface area contributed by atoms with Gasteiger partial charge in [-0.1, -0.05) is 18.5 Å². The number of benzene rings is 1. The van der Waals surface area contributed by atoms with Crippen molar-refractivity contribution in [2.24, 2.45) is 0 Å². The summed E-state index contributed by atoms with van der Waals surface area (Å²) in [4.78, 5) is 8.46. The summed E-state index contributed by atoms with van der Waals surface area (Å²) in [5, 5.41) is 3.19. The highest BCUT2D eigenvalue weighted by Crippen LogP contribution is 2.23. The van der Waals surface area contributed by atoms with Crippen LogP contribution >= 0.6 is 11.6 Å². The Kier molecular flexibility index (Phi) is 4.10. The van der Waals surface area contributed by atoms with Gasteiger partial charge in [-0.25, -0.2) is 14.4 Å². The summed E-state index contributed by atoms with van der Waals surface area (Å²) < 4.78 is 13.1. The van der Waals surface area contributed by atoms with Crippen LogP contribution in [0.2, 0.25) is 5.02 Å². The third-order valence-corrected chi connectivity index (χ3v) is 2.69. The average Bonchev–Trinajstić information content (AvgIpc) is 2.40. The summed E-state index contributed by atoms with van der Waals surface area (Å²) in [6, 6.07) is 6.30. The fourth-order valence-corrected chi connectivity index (χ4v) is 1.68. The van der Waals surface area contributed by atoms with Crippen molar-refractivity contribution < 1.29 is 4.39 Å². The van der Waals surface area contributed by atoms with E-state index in [4.69, 9.17) is 11.6 Å². The summed E-state index contributed by atoms with van der Waals surface area (Å²) in [6.45, 7) is 2.88. The molecule has 2 rings (SSSR count). The van der Waals surface area contributed by atoms with E-state index in [1.165, 1.54) is 6.07 Å². The van der Waals surface area contributed by atoms with Crippen molar-refractivity contribution in [3.05, 3.63) is 41.3 Å². The van der Waals surface area contributed by atoms with E-state index in [1.807, 2.05) is 0 Å². The number of nitrogens with one attached hydrogen (secondary N) is 1. The Bertz CT molecular complexity index is 546. The van der Waals surface area contributed by atoms with Crippen molar-refractivity contribution in [2.75, 3.05) is 11.9 Å². The van der Waals surface area contributed by atoms with Crippen LogP contribution in [-0.4, -0.2) is 16.5 Å². The third-order valence-electron chi connectivity index (χ3n) is 2.40. The minimum atomic E-state index is -0.432. The normalized spacial score (nSPS) is 10.4. The van der Waals surface area contributed by atoms with Crippen LogP contribution in [0, 0.1) is 5.82 Å². The maximum absolute atomic E-state index is 13.1. The Labute approximate surface area is 110 Å². The highest BCUT2D eigenvalue weighted by Gasteiger charge is 2.05. The Balaban J connectivity index is 2.29. The third kappa shape index (κ3) is 2.96. The maximum Gasteiger partial charge on any atom is 0.223 e. The standard InChI is InChI=1S/C13H13ClFN3/c1-2-6-16-13-17-7-5-12(18-13)9-3-4-11(15)10(14)8-9/h3-5,7-8H,2,6H2,1H3,(H,16,17,18). The first-order chi connectivity index (χ1) is 8.70. The van der Waals surface area contributed by atoms with Gasteiger partial charge in [0.2, 0.25) is 5.95 Å². The zero-order valence-electron chi connectivity index (χ0n) is 9.95. The molecule has 0 radical (unpaired) electrons. The number of hydrogen-bond acceptors (Lipinski definition) is 3. The van der Waals surface area contributed by atoms with Crippen LogP contribution in [0.15, 0.2) is 30.5 Å². The van der Waals surface area contributed by atoms with Gasteiger partial charge in [-0.2, -0.15) is 0 Å². The summed E-state index contributed by atoms with van der Waals surface area (Å²) in [7, 11) is 0. The first kappa shape index (κ1) is 12.8. The second-order valence-corrected chi connectivity index (χ2v) is 4.23. The Morgan fingerprint density at radius 3 is 2.89 bits per heavy atom. The molecular formula is C13H13ClFN3. The molecule has 1 heterocycles. The van der Waals surface area contributed by atoms with E-state index in [2.05, 4.69) is 22.2 Å². The molecule has 2 aromatic rings. The Hall–Kier alpha value is -1.68. The molecular weight excluding hydrogens is 253 g/mol. The van der Waals surface area contributed by atoms with Crippen LogP contribution in [0.25, 0.3) is 11.3 Å². The van der Waals surface area contributed by atoms with Gasteiger partial charge in [-0.05, 0) is 30.7 Å². The molecule has 0 aliphatic heterocycles. The fourth-order valence-electron chi connectivity index (χ4n) is 1.50. The molecule has 0 amide bonds. The van der Waals surface area contributed by atoms with Crippen molar-refractivity contribution >= 4 is 17.5 Å². The lowest BCUT2D eigenvalue weighted by molar-refractivity contribution is 0.628. The number of nitrogens with zero attached hydrogens (tertiary/aromatic N) is 2. The second kappa shape index (κ2) is 5.78. The van der Waals surface area contributed by atoms with E-state index >= 15 is 0 Å². The predicted molar refractivity (Wildman–Crippen MR) is 71.2 cm³/mol. The predicted octanol–water partition coefficient (Wildman–Crippen LogP) is 3.76. The molecule has 0 fully saturated rings. The summed E-state index contributed by atoms with van der Waals surface area (Å²) in [5.41, 5.74) is 1.48. The molecule has 94 valence electrons. The van der Waals surface area contributed by atoms with Gasteiger partial charge in [0, 0.05) is 18.3 Å². The Morgan fingerprint density at radius 2 is 2.17 bits per heavy atom. The maximum atomic E-state index is 13.1. The highest BCUT2D eigenvalue weighted by molar-refractivity contribution is 6.31. The first-order valence-corrected chi connectivity index (χ1v) is 6.11. The van der Waals surface area contributed by atoms with Gasteiger partial charge in [0.25, 0.3) is 0 Å². The molecule has 1 aromatic heterocycles. The minimum Gasteiger partial charge on any atom is -0.354 e. The number of rotatable bonds is 4. The molecule has 3 nitrogen and oxygen atoms in total. The van der Waals surface area contributed by atoms with Gasteiger partial charge in [0.15, 0.2) is 0 Å². The monoisotopic (exact) mass is 265 g/mol. The lowest BCUT2D eigenvalue weighted by atomic mass is 10.1. The molecule has 0 aliphatic rings. The molecule has 0 unspecified atom stereocenters. The number of aromatic nitrogens is 2. The molecule has 0 bridgehead atoms. The first-order valence-electron chi connectivity index (χ1n) is 5.73. The van der Waals surface area contributed by atoms with Gasteiger partial charge in [0.05, 0.1) is 10.7 Å². The van der Waals surface area contributed by atoms with Crippen LogP contribution < -0.4 is 5.32 Å². The van der Waals surface area contributed by atoms with Crippen LogP contribution in [0.5, 0.6) is 0 Å². The summed E-state index contributed by atoms with van der Waals surface area (Å²) >= 11 is 5.75. The van der Waals surface area contributed by atoms with E-state index in [1.54, 1.807) is 24.4 Å². The summed E-state index contributed by atoms with van der Waals surface area (Å²) in [5.74, 6) is 0.133. The van der Waals surface area contributed by atoms with Gasteiger partial charge in [-0.3, -0.25) is 0 Å².